The molecule has 196 valence electrons. The number of aliphatic hydroxyl groups excluding tert-OH is 1. The molecule has 0 spiro atoms. The summed E-state index contributed by atoms with van der Waals surface area (Å²) >= 11 is 0. The fourth-order valence-corrected chi connectivity index (χ4v) is 3.65. The summed E-state index contributed by atoms with van der Waals surface area (Å²) in [5, 5.41) is 20.2. The zero-order chi connectivity index (χ0) is 27.2. The fourth-order valence-electron chi connectivity index (χ4n) is 3.65. The fraction of sp³-hybridized carbons (Fsp3) is 0.333. The molecule has 0 aliphatic rings. The summed E-state index contributed by atoms with van der Waals surface area (Å²) in [5.74, 6) is -1.45. The van der Waals surface area contributed by atoms with Crippen LogP contribution in [0.3, 0.4) is 0 Å². The molecular formula is C27H33N5O5. The third-order valence-corrected chi connectivity index (χ3v) is 5.37. The number of nitrogens with two attached hydrogens (primary N) is 1. The van der Waals surface area contributed by atoms with Crippen LogP contribution >= 0.6 is 0 Å². The lowest BCUT2D eigenvalue weighted by molar-refractivity contribution is -0.127. The molecule has 3 amide bonds. The number of benzene rings is 2. The number of hydrogen-bond acceptors (Lipinski definition) is 6. The van der Waals surface area contributed by atoms with Crippen LogP contribution in [0.25, 0.3) is 5.69 Å². The maximum absolute atomic E-state index is 13.2. The molecule has 1 aromatic heterocycles. The van der Waals surface area contributed by atoms with Crippen molar-refractivity contribution in [2.24, 2.45) is 5.73 Å². The highest BCUT2D eigenvalue weighted by Gasteiger charge is 2.28. The van der Waals surface area contributed by atoms with E-state index in [0.717, 1.165) is 11.1 Å². The minimum Gasteiger partial charge on any atom is -0.444 e. The van der Waals surface area contributed by atoms with E-state index in [-0.39, 0.29) is 18.7 Å². The summed E-state index contributed by atoms with van der Waals surface area (Å²) in [6.07, 6.45) is -1.87. The van der Waals surface area contributed by atoms with Crippen molar-refractivity contribution >= 4 is 17.9 Å². The van der Waals surface area contributed by atoms with Gasteiger partial charge in [0.2, 0.25) is 5.91 Å². The van der Waals surface area contributed by atoms with Gasteiger partial charge in [-0.05, 0) is 63.4 Å². The summed E-state index contributed by atoms with van der Waals surface area (Å²) in [7, 11) is 0. The summed E-state index contributed by atoms with van der Waals surface area (Å²) in [4.78, 5) is 36.8. The van der Waals surface area contributed by atoms with E-state index >= 15 is 0 Å². The molecule has 1 heterocycles. The number of aliphatic hydroxyl groups is 1. The van der Waals surface area contributed by atoms with Crippen LogP contribution in [0.15, 0.2) is 60.7 Å². The summed E-state index contributed by atoms with van der Waals surface area (Å²) in [6, 6.07) is 17.0. The Labute approximate surface area is 215 Å². The van der Waals surface area contributed by atoms with Gasteiger partial charge in [0.25, 0.3) is 5.91 Å². The number of amides is 3. The molecule has 0 bridgehead atoms. The second kappa shape index (κ2) is 11.7. The molecule has 3 aromatic rings. The van der Waals surface area contributed by atoms with Crippen molar-refractivity contribution in [1.82, 2.24) is 20.4 Å². The molecule has 2 unspecified atom stereocenters. The normalized spacial score (nSPS) is 12.9. The van der Waals surface area contributed by atoms with E-state index in [2.05, 4.69) is 15.7 Å². The second-order valence-electron chi connectivity index (χ2n) is 9.72. The summed E-state index contributed by atoms with van der Waals surface area (Å²) < 4.78 is 6.72. The molecule has 0 radical (unpaired) electrons. The first kappa shape index (κ1) is 27.4. The minimum absolute atomic E-state index is 0.211. The molecule has 0 saturated heterocycles. The van der Waals surface area contributed by atoms with Gasteiger partial charge in [0.1, 0.15) is 11.3 Å². The van der Waals surface area contributed by atoms with Crippen molar-refractivity contribution in [2.45, 2.75) is 58.4 Å². The Kier molecular flexibility index (Phi) is 8.67. The van der Waals surface area contributed by atoms with Gasteiger partial charge in [-0.3, -0.25) is 9.59 Å². The third-order valence-electron chi connectivity index (χ3n) is 5.37. The van der Waals surface area contributed by atoms with Crippen molar-refractivity contribution in [3.63, 3.8) is 0 Å². The molecule has 37 heavy (non-hydrogen) atoms. The number of primary amides is 1. The number of nitrogens with one attached hydrogen (secondary N) is 2. The number of aromatic nitrogens is 2. The quantitative estimate of drug-likeness (QED) is 0.349. The number of ether oxygens (including phenoxy) is 1. The molecule has 2 aromatic carbocycles. The molecule has 0 saturated carbocycles. The highest BCUT2D eigenvalue weighted by atomic mass is 16.6. The molecule has 5 N–H and O–H groups in total. The van der Waals surface area contributed by atoms with Crippen molar-refractivity contribution in [3.05, 3.63) is 83.2 Å². The van der Waals surface area contributed by atoms with Crippen LogP contribution in [0.1, 0.15) is 48.1 Å². The SMILES string of the molecule is Cc1cc(C(=O)NC(Cc2ccccc2)C(O)C(N)=O)n(-c2ccc(CNC(=O)OC(C)(C)C)cc2)n1. The number of alkyl carbamates (subject to hydrolysis) is 1. The van der Waals surface area contributed by atoms with Crippen molar-refractivity contribution in [1.29, 1.82) is 0 Å². The first-order valence-electron chi connectivity index (χ1n) is 11.9. The van der Waals surface area contributed by atoms with Gasteiger partial charge in [0.15, 0.2) is 6.10 Å². The van der Waals surface area contributed by atoms with E-state index in [4.69, 9.17) is 10.5 Å². The lowest BCUT2D eigenvalue weighted by Gasteiger charge is -2.22. The second-order valence-corrected chi connectivity index (χ2v) is 9.72. The topological polar surface area (TPSA) is 149 Å². The van der Waals surface area contributed by atoms with E-state index in [1.807, 2.05) is 30.3 Å². The van der Waals surface area contributed by atoms with Crippen LogP contribution in [0.2, 0.25) is 0 Å². The van der Waals surface area contributed by atoms with Crippen LogP contribution < -0.4 is 16.4 Å². The van der Waals surface area contributed by atoms with Crippen LogP contribution in [0, 0.1) is 6.92 Å². The number of carbonyl (C=O) groups excluding carboxylic acids is 3. The molecule has 0 aliphatic heterocycles. The maximum atomic E-state index is 13.2. The number of aryl methyl sites for hydroxylation is 1. The molecule has 2 atom stereocenters. The smallest absolute Gasteiger partial charge is 0.407 e. The zero-order valence-corrected chi connectivity index (χ0v) is 21.4. The van der Waals surface area contributed by atoms with Crippen LogP contribution in [0.4, 0.5) is 4.79 Å². The van der Waals surface area contributed by atoms with Crippen molar-refractivity contribution < 1.29 is 24.2 Å². The van der Waals surface area contributed by atoms with Gasteiger partial charge in [0, 0.05) is 6.54 Å². The Morgan fingerprint density at radius 3 is 2.30 bits per heavy atom. The standard InChI is InChI=1S/C27H33N5O5/c1-17-14-22(25(35)30-21(23(33)24(28)34)15-18-8-6-5-7-9-18)32(31-17)20-12-10-19(11-13-20)16-29-26(36)37-27(2,3)4/h5-14,21,23,33H,15-16H2,1-4H3,(H2,28,34)(H,29,36)(H,30,35). The van der Waals surface area contributed by atoms with Gasteiger partial charge < -0.3 is 26.2 Å². The van der Waals surface area contributed by atoms with Gasteiger partial charge in [0.05, 0.1) is 17.4 Å². The lowest BCUT2D eigenvalue weighted by atomic mass is 10.0. The number of hydrogen-bond donors (Lipinski definition) is 4. The van der Waals surface area contributed by atoms with Gasteiger partial charge in [-0.1, -0.05) is 42.5 Å². The van der Waals surface area contributed by atoms with Gasteiger partial charge in [-0.25, -0.2) is 9.48 Å². The predicted octanol–water partition coefficient (Wildman–Crippen LogP) is 2.39. The summed E-state index contributed by atoms with van der Waals surface area (Å²) in [6.45, 7) is 7.40. The Morgan fingerprint density at radius 2 is 1.70 bits per heavy atom. The first-order chi connectivity index (χ1) is 17.4. The van der Waals surface area contributed by atoms with Gasteiger partial charge >= 0.3 is 6.09 Å². The summed E-state index contributed by atoms with van der Waals surface area (Å²) in [5.41, 5.74) is 7.85. The largest absolute Gasteiger partial charge is 0.444 e. The van der Waals surface area contributed by atoms with Crippen LogP contribution in [-0.4, -0.2) is 50.5 Å². The van der Waals surface area contributed by atoms with Crippen LogP contribution in [0.5, 0.6) is 0 Å². The Bertz CT molecular complexity index is 1230. The van der Waals surface area contributed by atoms with Crippen molar-refractivity contribution in [2.75, 3.05) is 0 Å². The molecule has 10 nitrogen and oxygen atoms in total. The van der Waals surface area contributed by atoms with E-state index in [9.17, 15) is 19.5 Å². The average molecular weight is 508 g/mol. The monoisotopic (exact) mass is 507 g/mol. The van der Waals surface area contributed by atoms with Crippen LogP contribution in [-0.2, 0) is 22.5 Å². The van der Waals surface area contributed by atoms with E-state index in [1.54, 1.807) is 58.0 Å². The molecule has 10 heteroatoms. The number of carbonyl (C=O) groups is 3. The Morgan fingerprint density at radius 1 is 1.05 bits per heavy atom. The lowest BCUT2D eigenvalue weighted by Crippen LogP contribution is -2.50. The molecular weight excluding hydrogens is 474 g/mol. The number of rotatable bonds is 9. The van der Waals surface area contributed by atoms with E-state index in [1.165, 1.54) is 4.68 Å². The zero-order valence-electron chi connectivity index (χ0n) is 21.4. The van der Waals surface area contributed by atoms with Gasteiger partial charge in [-0.2, -0.15) is 5.10 Å². The maximum Gasteiger partial charge on any atom is 0.407 e. The average Bonchev–Trinajstić information content (AvgIpc) is 3.23. The van der Waals surface area contributed by atoms with Crippen molar-refractivity contribution in [3.8, 4) is 5.69 Å². The minimum atomic E-state index is -1.57. The molecule has 3 rings (SSSR count). The van der Waals surface area contributed by atoms with Gasteiger partial charge in [-0.15, -0.1) is 0 Å². The Hall–Kier alpha value is -4.18. The Balaban J connectivity index is 1.75. The highest BCUT2D eigenvalue weighted by molar-refractivity contribution is 5.94. The predicted molar refractivity (Wildman–Crippen MR) is 138 cm³/mol. The third kappa shape index (κ3) is 7.91. The molecule has 0 fully saturated rings. The highest BCUT2D eigenvalue weighted by Crippen LogP contribution is 2.16. The van der Waals surface area contributed by atoms with E-state index < -0.39 is 35.7 Å². The van der Waals surface area contributed by atoms with E-state index in [0.29, 0.717) is 11.4 Å². The first-order valence-corrected chi connectivity index (χ1v) is 11.9. The number of nitrogens with zero attached hydrogens (tertiary/aromatic N) is 2. The molecule has 0 aliphatic carbocycles.